The van der Waals surface area contributed by atoms with Gasteiger partial charge in [0.05, 0.1) is 0 Å². The third-order valence-corrected chi connectivity index (χ3v) is 4.12. The molecule has 1 heterocycles. The zero-order chi connectivity index (χ0) is 17.2. The number of rotatable bonds is 1. The number of carbonyl (C=O) groups excluding carboxylic acids is 1. The lowest BCUT2D eigenvalue weighted by atomic mass is 9.93. The van der Waals surface area contributed by atoms with Gasteiger partial charge in [0, 0.05) is 27.7 Å². The van der Waals surface area contributed by atoms with E-state index in [0.717, 1.165) is 11.6 Å². The van der Waals surface area contributed by atoms with Gasteiger partial charge in [0.1, 0.15) is 6.79 Å². The summed E-state index contributed by atoms with van der Waals surface area (Å²) in [6, 6.07) is 15.9. The Labute approximate surface area is 147 Å². The quantitative estimate of drug-likeness (QED) is 0.740. The summed E-state index contributed by atoms with van der Waals surface area (Å²) in [4.78, 5) is 8.00. The van der Waals surface area contributed by atoms with E-state index in [1.54, 1.807) is 18.2 Å². The average Bonchev–Trinajstić information content (AvgIpc) is 2.96. The summed E-state index contributed by atoms with van der Waals surface area (Å²) in [5.41, 5.74) is 7.45. The molecule has 5 heteroatoms. The number of benzene rings is 2. The van der Waals surface area contributed by atoms with E-state index in [0.29, 0.717) is 22.7 Å². The predicted octanol–water partition coefficient (Wildman–Crippen LogP) is 4.54. The number of nitrogens with one attached hydrogen (secondary N) is 1. The molecule has 1 aliphatic rings. The molecule has 0 spiro atoms. The molecule has 2 unspecified atom stereocenters. The van der Waals surface area contributed by atoms with Gasteiger partial charge >= 0.3 is 0 Å². The minimum absolute atomic E-state index is 0.582. The number of hydrogen-bond donors (Lipinski definition) is 2. The summed E-state index contributed by atoms with van der Waals surface area (Å²) in [5, 5.41) is 4.97. The van der Waals surface area contributed by atoms with Gasteiger partial charge in [-0.05, 0) is 55.8 Å². The lowest BCUT2D eigenvalue weighted by molar-refractivity contribution is -0.0979. The van der Waals surface area contributed by atoms with Crippen LogP contribution in [-0.4, -0.2) is 19.4 Å². The van der Waals surface area contributed by atoms with Crippen LogP contribution in [0.4, 0.5) is 5.69 Å². The standard InChI is InChI=1S/C11H14ClN.C6H6ClN.CH2O/c1-8-11(5-6-13-8)9-3-2-4-10(12)7-9;7-5-2-1-3-6(8)4-5;1-2/h2-4,7-8,11,13H,5-6H2,1H3;1-4H,8H2;1H2. The molecule has 2 aromatic rings. The fraction of sp³-hybridized carbons (Fsp3) is 0.278. The van der Waals surface area contributed by atoms with Crippen molar-refractivity contribution >= 4 is 35.7 Å². The molecular weight excluding hydrogens is 331 g/mol. The van der Waals surface area contributed by atoms with Gasteiger partial charge in [-0.25, -0.2) is 0 Å². The van der Waals surface area contributed by atoms with Crippen molar-refractivity contribution in [3.63, 3.8) is 0 Å². The van der Waals surface area contributed by atoms with Gasteiger partial charge in [-0.1, -0.05) is 41.4 Å². The number of nitrogens with two attached hydrogens (primary N) is 1. The van der Waals surface area contributed by atoms with Crippen molar-refractivity contribution in [2.45, 2.75) is 25.3 Å². The van der Waals surface area contributed by atoms with Crippen molar-refractivity contribution in [3.8, 4) is 0 Å². The SMILES string of the molecule is C=O.CC1NCCC1c1cccc(Cl)c1.Nc1cccc(Cl)c1. The number of halogens is 2. The second kappa shape index (κ2) is 10.3. The molecule has 3 nitrogen and oxygen atoms in total. The predicted molar refractivity (Wildman–Crippen MR) is 99.3 cm³/mol. The van der Waals surface area contributed by atoms with Crippen LogP contribution >= 0.6 is 23.2 Å². The molecule has 1 fully saturated rings. The van der Waals surface area contributed by atoms with Gasteiger partial charge < -0.3 is 15.8 Å². The molecule has 3 N–H and O–H groups in total. The molecule has 2 aromatic carbocycles. The molecule has 1 aliphatic heterocycles. The summed E-state index contributed by atoms with van der Waals surface area (Å²) < 4.78 is 0. The van der Waals surface area contributed by atoms with Gasteiger partial charge in [0.2, 0.25) is 0 Å². The van der Waals surface area contributed by atoms with E-state index in [1.165, 1.54) is 12.0 Å². The monoisotopic (exact) mass is 352 g/mol. The van der Waals surface area contributed by atoms with E-state index >= 15 is 0 Å². The Kier molecular flexibility index (Phi) is 8.70. The molecule has 2 atom stereocenters. The summed E-state index contributed by atoms with van der Waals surface area (Å²) in [5.74, 6) is 0.638. The maximum Gasteiger partial charge on any atom is 0.106 e. The Morgan fingerprint density at radius 2 is 1.70 bits per heavy atom. The Hall–Kier alpha value is -1.55. The number of hydrogen-bond acceptors (Lipinski definition) is 3. The molecule has 124 valence electrons. The Balaban J connectivity index is 0.000000228. The fourth-order valence-electron chi connectivity index (χ4n) is 2.56. The third-order valence-electron chi connectivity index (χ3n) is 3.65. The molecule has 0 saturated carbocycles. The number of anilines is 1. The first-order chi connectivity index (χ1) is 11.1. The van der Waals surface area contributed by atoms with Crippen LogP contribution in [0.2, 0.25) is 10.0 Å². The number of nitrogen functional groups attached to an aromatic ring is 1. The molecule has 0 aliphatic carbocycles. The largest absolute Gasteiger partial charge is 0.399 e. The van der Waals surface area contributed by atoms with E-state index in [-0.39, 0.29) is 0 Å². The van der Waals surface area contributed by atoms with Gasteiger partial charge in [0.15, 0.2) is 0 Å². The smallest absolute Gasteiger partial charge is 0.106 e. The summed E-state index contributed by atoms with van der Waals surface area (Å²) >= 11 is 11.5. The van der Waals surface area contributed by atoms with Gasteiger partial charge in [-0.2, -0.15) is 0 Å². The topological polar surface area (TPSA) is 55.1 Å². The highest BCUT2D eigenvalue weighted by molar-refractivity contribution is 6.31. The normalized spacial score (nSPS) is 19.1. The van der Waals surface area contributed by atoms with Crippen molar-refractivity contribution in [3.05, 3.63) is 64.1 Å². The zero-order valence-corrected chi connectivity index (χ0v) is 14.6. The van der Waals surface area contributed by atoms with E-state index in [1.807, 2.05) is 25.0 Å². The first kappa shape index (κ1) is 19.5. The molecule has 23 heavy (non-hydrogen) atoms. The van der Waals surface area contributed by atoms with E-state index < -0.39 is 0 Å². The lowest BCUT2D eigenvalue weighted by Crippen LogP contribution is -2.21. The molecule has 0 radical (unpaired) electrons. The van der Waals surface area contributed by atoms with Gasteiger partial charge in [-0.3, -0.25) is 0 Å². The van der Waals surface area contributed by atoms with Crippen LogP contribution in [0.15, 0.2) is 48.5 Å². The Morgan fingerprint density at radius 1 is 1.09 bits per heavy atom. The first-order valence-electron chi connectivity index (χ1n) is 7.35. The molecule has 1 saturated heterocycles. The van der Waals surface area contributed by atoms with Gasteiger partial charge in [0.25, 0.3) is 0 Å². The van der Waals surface area contributed by atoms with Crippen molar-refractivity contribution in [1.82, 2.24) is 5.32 Å². The Morgan fingerprint density at radius 3 is 2.13 bits per heavy atom. The van der Waals surface area contributed by atoms with Crippen molar-refractivity contribution < 1.29 is 4.79 Å². The molecule has 0 aromatic heterocycles. The highest BCUT2D eigenvalue weighted by Gasteiger charge is 2.23. The summed E-state index contributed by atoms with van der Waals surface area (Å²) in [6.45, 7) is 5.36. The van der Waals surface area contributed by atoms with Crippen LogP contribution in [0.25, 0.3) is 0 Å². The van der Waals surface area contributed by atoms with Crippen LogP contribution in [0, 0.1) is 0 Å². The zero-order valence-electron chi connectivity index (χ0n) is 13.1. The highest BCUT2D eigenvalue weighted by Crippen LogP contribution is 2.28. The second-order valence-corrected chi connectivity index (χ2v) is 6.12. The van der Waals surface area contributed by atoms with Crippen molar-refractivity contribution in [1.29, 1.82) is 0 Å². The van der Waals surface area contributed by atoms with Crippen LogP contribution in [0.5, 0.6) is 0 Å². The summed E-state index contributed by atoms with van der Waals surface area (Å²) in [6.07, 6.45) is 1.22. The Bertz CT molecular complexity index is 590. The van der Waals surface area contributed by atoms with Gasteiger partial charge in [-0.15, -0.1) is 0 Å². The summed E-state index contributed by atoms with van der Waals surface area (Å²) in [7, 11) is 0. The lowest BCUT2D eigenvalue weighted by Gasteiger charge is -2.15. The minimum atomic E-state index is 0.582. The van der Waals surface area contributed by atoms with Crippen LogP contribution < -0.4 is 11.1 Å². The molecule has 3 rings (SSSR count). The van der Waals surface area contributed by atoms with Crippen LogP contribution in [-0.2, 0) is 4.79 Å². The van der Waals surface area contributed by atoms with E-state index in [2.05, 4.69) is 24.4 Å². The maximum absolute atomic E-state index is 8.00. The first-order valence-corrected chi connectivity index (χ1v) is 8.10. The minimum Gasteiger partial charge on any atom is -0.399 e. The molecular formula is C18H22Cl2N2O. The third kappa shape index (κ3) is 6.61. The fourth-order valence-corrected chi connectivity index (χ4v) is 2.96. The average molecular weight is 353 g/mol. The molecule has 0 bridgehead atoms. The van der Waals surface area contributed by atoms with E-state index in [4.69, 9.17) is 33.7 Å². The van der Waals surface area contributed by atoms with Crippen LogP contribution in [0.3, 0.4) is 0 Å². The highest BCUT2D eigenvalue weighted by atomic mass is 35.5. The second-order valence-electron chi connectivity index (χ2n) is 5.25. The number of carbonyl (C=O) groups is 1. The molecule has 0 amide bonds. The van der Waals surface area contributed by atoms with Crippen molar-refractivity contribution in [2.24, 2.45) is 0 Å². The maximum atomic E-state index is 8.00. The van der Waals surface area contributed by atoms with Crippen molar-refractivity contribution in [2.75, 3.05) is 12.3 Å². The van der Waals surface area contributed by atoms with E-state index in [9.17, 15) is 0 Å². The van der Waals surface area contributed by atoms with Crippen LogP contribution in [0.1, 0.15) is 24.8 Å².